The standard InChI is InChI=1S/C17H22N2/c1-12-6-7-14(10-18)16(8-12)15-9-13-4-2-3-5-17(13)19-11-15/h2-5,9,11-12,14,16H,6-8,10,18H2,1H3. The van der Waals surface area contributed by atoms with Crippen molar-refractivity contribution in [2.24, 2.45) is 17.6 Å². The average Bonchev–Trinajstić information content (AvgIpc) is 2.46. The van der Waals surface area contributed by atoms with E-state index in [9.17, 15) is 0 Å². The predicted molar refractivity (Wildman–Crippen MR) is 80.0 cm³/mol. The molecule has 2 N–H and O–H groups in total. The van der Waals surface area contributed by atoms with Crippen LogP contribution in [-0.2, 0) is 0 Å². The van der Waals surface area contributed by atoms with Gasteiger partial charge >= 0.3 is 0 Å². The highest BCUT2D eigenvalue weighted by molar-refractivity contribution is 5.78. The van der Waals surface area contributed by atoms with E-state index in [0.29, 0.717) is 11.8 Å². The third-order valence-corrected chi connectivity index (χ3v) is 4.60. The van der Waals surface area contributed by atoms with Crippen molar-refractivity contribution in [1.82, 2.24) is 4.98 Å². The van der Waals surface area contributed by atoms with Crippen molar-refractivity contribution in [3.8, 4) is 0 Å². The van der Waals surface area contributed by atoms with Crippen LogP contribution in [0.3, 0.4) is 0 Å². The maximum atomic E-state index is 5.97. The molecule has 1 heterocycles. The lowest BCUT2D eigenvalue weighted by Gasteiger charge is -2.34. The summed E-state index contributed by atoms with van der Waals surface area (Å²) in [4.78, 5) is 4.61. The zero-order valence-electron chi connectivity index (χ0n) is 11.5. The fourth-order valence-electron chi connectivity index (χ4n) is 3.42. The van der Waals surface area contributed by atoms with Crippen LogP contribution in [0.25, 0.3) is 10.9 Å². The van der Waals surface area contributed by atoms with Crippen LogP contribution in [0.5, 0.6) is 0 Å². The van der Waals surface area contributed by atoms with Crippen LogP contribution in [0, 0.1) is 11.8 Å². The van der Waals surface area contributed by atoms with Gasteiger partial charge in [0.1, 0.15) is 0 Å². The highest BCUT2D eigenvalue weighted by Crippen LogP contribution is 2.40. The van der Waals surface area contributed by atoms with Crippen LogP contribution in [0.2, 0.25) is 0 Å². The second-order valence-corrected chi connectivity index (χ2v) is 5.98. The molecule has 3 unspecified atom stereocenters. The highest BCUT2D eigenvalue weighted by Gasteiger charge is 2.29. The molecule has 0 saturated heterocycles. The van der Waals surface area contributed by atoms with E-state index in [1.165, 1.54) is 30.2 Å². The largest absolute Gasteiger partial charge is 0.330 e. The molecule has 2 heteroatoms. The van der Waals surface area contributed by atoms with Gasteiger partial charge in [0.05, 0.1) is 5.52 Å². The van der Waals surface area contributed by atoms with Gasteiger partial charge in [0.25, 0.3) is 0 Å². The molecule has 19 heavy (non-hydrogen) atoms. The van der Waals surface area contributed by atoms with Crippen LogP contribution >= 0.6 is 0 Å². The number of nitrogens with zero attached hydrogens (tertiary/aromatic N) is 1. The normalized spacial score (nSPS) is 27.6. The number of nitrogens with two attached hydrogens (primary N) is 1. The second-order valence-electron chi connectivity index (χ2n) is 5.98. The van der Waals surface area contributed by atoms with E-state index in [0.717, 1.165) is 18.0 Å². The SMILES string of the molecule is CC1CCC(CN)C(c2cnc3ccccc3c2)C1. The summed E-state index contributed by atoms with van der Waals surface area (Å²) in [6.07, 6.45) is 5.89. The van der Waals surface area contributed by atoms with Crippen molar-refractivity contribution < 1.29 is 0 Å². The molecule has 3 rings (SSSR count). The minimum atomic E-state index is 0.589. The van der Waals surface area contributed by atoms with Crippen LogP contribution in [0.15, 0.2) is 36.5 Å². The van der Waals surface area contributed by atoms with Gasteiger partial charge in [0.15, 0.2) is 0 Å². The van der Waals surface area contributed by atoms with Crippen LogP contribution in [-0.4, -0.2) is 11.5 Å². The Balaban J connectivity index is 1.97. The number of hydrogen-bond donors (Lipinski definition) is 1. The molecule has 1 aromatic carbocycles. The van der Waals surface area contributed by atoms with Crippen LogP contribution in [0.4, 0.5) is 0 Å². The van der Waals surface area contributed by atoms with Gasteiger partial charge < -0.3 is 5.73 Å². The Bertz CT molecular complexity index is 564. The maximum absolute atomic E-state index is 5.97. The van der Waals surface area contributed by atoms with Crippen molar-refractivity contribution in [3.63, 3.8) is 0 Å². The Labute approximate surface area is 115 Å². The summed E-state index contributed by atoms with van der Waals surface area (Å²) in [5.41, 5.74) is 8.43. The number of aromatic nitrogens is 1. The number of benzene rings is 1. The maximum Gasteiger partial charge on any atom is 0.0702 e. The molecule has 0 amide bonds. The van der Waals surface area contributed by atoms with Gasteiger partial charge in [0, 0.05) is 11.6 Å². The van der Waals surface area contributed by atoms with Crippen molar-refractivity contribution in [2.45, 2.75) is 32.1 Å². The topological polar surface area (TPSA) is 38.9 Å². The molecule has 100 valence electrons. The van der Waals surface area contributed by atoms with E-state index in [2.05, 4.69) is 42.4 Å². The molecule has 0 radical (unpaired) electrons. The number of hydrogen-bond acceptors (Lipinski definition) is 2. The summed E-state index contributed by atoms with van der Waals surface area (Å²) in [5.74, 6) is 2.02. The van der Waals surface area contributed by atoms with Gasteiger partial charge in [-0.1, -0.05) is 31.5 Å². The smallest absolute Gasteiger partial charge is 0.0702 e. The summed E-state index contributed by atoms with van der Waals surface area (Å²) in [7, 11) is 0. The molecule has 1 aliphatic carbocycles. The van der Waals surface area contributed by atoms with E-state index in [-0.39, 0.29) is 0 Å². The molecule has 0 bridgehead atoms. The summed E-state index contributed by atoms with van der Waals surface area (Å²) in [6.45, 7) is 3.15. The third kappa shape index (κ3) is 2.50. The monoisotopic (exact) mass is 254 g/mol. The number of para-hydroxylation sites is 1. The molecule has 0 aliphatic heterocycles. The fourth-order valence-corrected chi connectivity index (χ4v) is 3.42. The van der Waals surface area contributed by atoms with E-state index in [1.54, 1.807) is 0 Å². The lowest BCUT2D eigenvalue weighted by molar-refractivity contribution is 0.253. The van der Waals surface area contributed by atoms with Crippen molar-refractivity contribution in [1.29, 1.82) is 0 Å². The molecule has 1 fully saturated rings. The highest BCUT2D eigenvalue weighted by atomic mass is 14.7. The number of fused-ring (bicyclic) bond motifs is 1. The minimum absolute atomic E-state index is 0.589. The van der Waals surface area contributed by atoms with Crippen molar-refractivity contribution in [2.75, 3.05) is 6.54 Å². The van der Waals surface area contributed by atoms with Gasteiger partial charge in [-0.2, -0.15) is 0 Å². The number of pyridine rings is 1. The molecule has 0 spiro atoms. The molecule has 1 aromatic heterocycles. The third-order valence-electron chi connectivity index (χ3n) is 4.60. The van der Waals surface area contributed by atoms with Gasteiger partial charge in [0.2, 0.25) is 0 Å². The quantitative estimate of drug-likeness (QED) is 0.887. The molecular formula is C17H22N2. The minimum Gasteiger partial charge on any atom is -0.330 e. The van der Waals surface area contributed by atoms with E-state index in [1.807, 2.05) is 6.07 Å². The Morgan fingerprint density at radius 1 is 1.26 bits per heavy atom. The van der Waals surface area contributed by atoms with E-state index >= 15 is 0 Å². The zero-order chi connectivity index (χ0) is 13.2. The first-order valence-electron chi connectivity index (χ1n) is 7.32. The summed E-state index contributed by atoms with van der Waals surface area (Å²) in [6, 6.07) is 10.7. The average molecular weight is 254 g/mol. The molecule has 1 aliphatic rings. The summed E-state index contributed by atoms with van der Waals surface area (Å²) >= 11 is 0. The molecule has 2 nitrogen and oxygen atoms in total. The summed E-state index contributed by atoms with van der Waals surface area (Å²) in [5, 5.41) is 1.24. The fraction of sp³-hybridized carbons (Fsp3) is 0.471. The van der Waals surface area contributed by atoms with Gasteiger partial charge in [-0.3, -0.25) is 4.98 Å². The van der Waals surface area contributed by atoms with Crippen LogP contribution in [0.1, 0.15) is 37.7 Å². The first-order valence-corrected chi connectivity index (χ1v) is 7.32. The second kappa shape index (κ2) is 5.30. The molecule has 1 saturated carbocycles. The lowest BCUT2D eigenvalue weighted by Crippen LogP contribution is -2.28. The van der Waals surface area contributed by atoms with Crippen molar-refractivity contribution in [3.05, 3.63) is 42.1 Å². The van der Waals surface area contributed by atoms with E-state index in [4.69, 9.17) is 5.73 Å². The zero-order valence-corrected chi connectivity index (χ0v) is 11.5. The van der Waals surface area contributed by atoms with Crippen molar-refractivity contribution >= 4 is 10.9 Å². The lowest BCUT2D eigenvalue weighted by atomic mass is 9.72. The van der Waals surface area contributed by atoms with E-state index < -0.39 is 0 Å². The molecular weight excluding hydrogens is 232 g/mol. The molecule has 3 atom stereocenters. The predicted octanol–water partition coefficient (Wildman–Crippen LogP) is 3.71. The Hall–Kier alpha value is -1.41. The Morgan fingerprint density at radius 3 is 2.95 bits per heavy atom. The Kier molecular flexibility index (Phi) is 3.52. The Morgan fingerprint density at radius 2 is 2.11 bits per heavy atom. The number of rotatable bonds is 2. The van der Waals surface area contributed by atoms with Gasteiger partial charge in [-0.15, -0.1) is 0 Å². The summed E-state index contributed by atoms with van der Waals surface area (Å²) < 4.78 is 0. The van der Waals surface area contributed by atoms with Gasteiger partial charge in [-0.25, -0.2) is 0 Å². The van der Waals surface area contributed by atoms with Gasteiger partial charge in [-0.05, 0) is 54.8 Å². The first kappa shape index (κ1) is 12.6. The molecule has 2 aromatic rings. The first-order chi connectivity index (χ1) is 9.28. The van der Waals surface area contributed by atoms with Crippen LogP contribution < -0.4 is 5.73 Å².